The quantitative estimate of drug-likeness (QED) is 0.701. The molecule has 0 bridgehead atoms. The van der Waals surface area contributed by atoms with Crippen molar-refractivity contribution in [3.8, 4) is 0 Å². The van der Waals surface area contributed by atoms with Crippen molar-refractivity contribution in [2.75, 3.05) is 6.54 Å². The Labute approximate surface area is 113 Å². The normalized spacial score (nSPS) is 14.9. The zero-order chi connectivity index (χ0) is 14.6. The SMILES string of the molecule is CCNC(C(C)=O)C(C)(C)CC(C)(C)NC(C)C. The van der Waals surface area contributed by atoms with Gasteiger partial charge in [0.2, 0.25) is 0 Å². The summed E-state index contributed by atoms with van der Waals surface area (Å²) in [6.45, 7) is 17.6. The van der Waals surface area contributed by atoms with Gasteiger partial charge < -0.3 is 10.6 Å². The maximum Gasteiger partial charge on any atom is 0.147 e. The number of carbonyl (C=O) groups is 1. The van der Waals surface area contributed by atoms with Gasteiger partial charge in [-0.2, -0.15) is 0 Å². The lowest BCUT2D eigenvalue weighted by atomic mass is 9.73. The van der Waals surface area contributed by atoms with Crippen LogP contribution in [0.5, 0.6) is 0 Å². The molecule has 0 heterocycles. The first-order valence-corrected chi connectivity index (χ1v) is 7.03. The van der Waals surface area contributed by atoms with Gasteiger partial charge in [-0.25, -0.2) is 0 Å². The summed E-state index contributed by atoms with van der Waals surface area (Å²) in [7, 11) is 0. The minimum Gasteiger partial charge on any atom is -0.310 e. The van der Waals surface area contributed by atoms with Crippen molar-refractivity contribution in [3.05, 3.63) is 0 Å². The molecule has 0 rings (SSSR count). The highest BCUT2D eigenvalue weighted by molar-refractivity contribution is 5.82. The number of hydrogen-bond donors (Lipinski definition) is 2. The molecule has 108 valence electrons. The van der Waals surface area contributed by atoms with Crippen LogP contribution >= 0.6 is 0 Å². The van der Waals surface area contributed by atoms with Gasteiger partial charge in [-0.05, 0) is 39.2 Å². The van der Waals surface area contributed by atoms with Gasteiger partial charge in [0, 0.05) is 11.6 Å². The fourth-order valence-electron chi connectivity index (χ4n) is 3.25. The first-order chi connectivity index (χ1) is 8.02. The van der Waals surface area contributed by atoms with E-state index >= 15 is 0 Å². The van der Waals surface area contributed by atoms with E-state index in [1.807, 2.05) is 6.92 Å². The Morgan fingerprint density at radius 1 is 1.17 bits per heavy atom. The molecular weight excluding hydrogens is 224 g/mol. The molecule has 18 heavy (non-hydrogen) atoms. The summed E-state index contributed by atoms with van der Waals surface area (Å²) in [6, 6.07) is 0.376. The van der Waals surface area contributed by atoms with Gasteiger partial charge in [0.15, 0.2) is 0 Å². The van der Waals surface area contributed by atoms with Crippen molar-refractivity contribution < 1.29 is 4.79 Å². The van der Waals surface area contributed by atoms with Crippen molar-refractivity contribution >= 4 is 5.78 Å². The van der Waals surface area contributed by atoms with Crippen molar-refractivity contribution in [1.29, 1.82) is 0 Å². The molecule has 2 N–H and O–H groups in total. The summed E-state index contributed by atoms with van der Waals surface area (Å²) < 4.78 is 0. The molecule has 3 heteroatoms. The van der Waals surface area contributed by atoms with Crippen LogP contribution in [0.4, 0.5) is 0 Å². The number of rotatable bonds is 8. The molecule has 0 radical (unpaired) electrons. The summed E-state index contributed by atoms with van der Waals surface area (Å²) >= 11 is 0. The lowest BCUT2D eigenvalue weighted by molar-refractivity contribution is -0.122. The van der Waals surface area contributed by atoms with Crippen LogP contribution in [0.2, 0.25) is 0 Å². The Morgan fingerprint density at radius 2 is 1.67 bits per heavy atom. The van der Waals surface area contributed by atoms with E-state index < -0.39 is 0 Å². The Balaban J connectivity index is 4.84. The first-order valence-electron chi connectivity index (χ1n) is 7.03. The Hall–Kier alpha value is -0.410. The van der Waals surface area contributed by atoms with Crippen LogP contribution in [-0.2, 0) is 4.79 Å². The maximum atomic E-state index is 11.8. The molecule has 0 saturated carbocycles. The van der Waals surface area contributed by atoms with Gasteiger partial charge in [0.1, 0.15) is 5.78 Å². The standard InChI is InChI=1S/C15H32N2O/c1-9-16-13(12(4)18)14(5,6)10-15(7,8)17-11(2)3/h11,13,16-17H,9-10H2,1-8H3. The zero-order valence-electron chi connectivity index (χ0n) is 13.5. The van der Waals surface area contributed by atoms with Crippen LogP contribution in [0.25, 0.3) is 0 Å². The van der Waals surface area contributed by atoms with Gasteiger partial charge in [-0.3, -0.25) is 4.79 Å². The minimum atomic E-state index is -0.0734. The van der Waals surface area contributed by atoms with Gasteiger partial charge in [-0.1, -0.05) is 34.6 Å². The molecule has 0 aromatic rings. The summed E-state index contributed by atoms with van der Waals surface area (Å²) in [5.41, 5.74) is -0.0337. The highest BCUT2D eigenvalue weighted by atomic mass is 16.1. The Morgan fingerprint density at radius 3 is 2.00 bits per heavy atom. The lowest BCUT2D eigenvalue weighted by Crippen LogP contribution is -2.53. The molecule has 0 spiro atoms. The third kappa shape index (κ3) is 5.96. The second-order valence-electron chi connectivity index (χ2n) is 6.95. The fraction of sp³-hybridized carbons (Fsp3) is 0.933. The molecule has 1 atom stereocenters. The third-order valence-corrected chi connectivity index (χ3v) is 3.17. The van der Waals surface area contributed by atoms with E-state index in [0.29, 0.717) is 6.04 Å². The molecular formula is C15H32N2O. The first kappa shape index (κ1) is 17.6. The van der Waals surface area contributed by atoms with Gasteiger partial charge >= 0.3 is 0 Å². The van der Waals surface area contributed by atoms with Gasteiger partial charge in [0.25, 0.3) is 0 Å². The second-order valence-corrected chi connectivity index (χ2v) is 6.95. The summed E-state index contributed by atoms with van der Waals surface area (Å²) in [5, 5.41) is 6.89. The molecule has 0 aromatic carbocycles. The predicted octanol–water partition coefficient (Wildman–Crippen LogP) is 2.75. The Kier molecular flexibility index (Phi) is 6.52. The molecule has 0 aliphatic rings. The van der Waals surface area contributed by atoms with Crippen molar-refractivity contribution in [1.82, 2.24) is 10.6 Å². The highest BCUT2D eigenvalue weighted by Crippen LogP contribution is 2.32. The second kappa shape index (κ2) is 6.67. The van der Waals surface area contributed by atoms with E-state index in [4.69, 9.17) is 0 Å². The van der Waals surface area contributed by atoms with E-state index in [2.05, 4.69) is 52.2 Å². The average Bonchev–Trinajstić information content (AvgIpc) is 2.08. The van der Waals surface area contributed by atoms with E-state index in [1.165, 1.54) is 0 Å². The van der Waals surface area contributed by atoms with Crippen LogP contribution < -0.4 is 10.6 Å². The Bertz CT molecular complexity index is 270. The zero-order valence-corrected chi connectivity index (χ0v) is 13.5. The van der Waals surface area contributed by atoms with Crippen LogP contribution in [0, 0.1) is 5.41 Å². The van der Waals surface area contributed by atoms with Gasteiger partial charge in [0.05, 0.1) is 6.04 Å². The summed E-state index contributed by atoms with van der Waals surface area (Å²) in [5.74, 6) is 0.224. The van der Waals surface area contributed by atoms with Crippen LogP contribution in [0.3, 0.4) is 0 Å². The van der Waals surface area contributed by atoms with Crippen LogP contribution in [0.15, 0.2) is 0 Å². The number of nitrogens with one attached hydrogen (secondary N) is 2. The van der Waals surface area contributed by atoms with E-state index in [1.54, 1.807) is 6.92 Å². The monoisotopic (exact) mass is 256 g/mol. The summed E-state index contributed by atoms with van der Waals surface area (Å²) in [6.07, 6.45) is 0.954. The largest absolute Gasteiger partial charge is 0.310 e. The predicted molar refractivity (Wildman–Crippen MR) is 78.9 cm³/mol. The lowest BCUT2D eigenvalue weighted by Gasteiger charge is -2.41. The molecule has 0 aliphatic heterocycles. The maximum absolute atomic E-state index is 11.8. The van der Waals surface area contributed by atoms with Crippen molar-refractivity contribution in [3.63, 3.8) is 0 Å². The molecule has 0 amide bonds. The number of hydrogen-bond acceptors (Lipinski definition) is 3. The number of carbonyl (C=O) groups excluding carboxylic acids is 1. The van der Waals surface area contributed by atoms with Crippen molar-refractivity contribution in [2.24, 2.45) is 5.41 Å². The fourth-order valence-corrected chi connectivity index (χ4v) is 3.25. The number of likely N-dealkylation sites (N-methyl/N-ethyl adjacent to an activating group) is 1. The highest BCUT2D eigenvalue weighted by Gasteiger charge is 2.37. The molecule has 0 aliphatic carbocycles. The number of Topliss-reactive ketones (excluding diaryl/α,β-unsaturated/α-hetero) is 1. The van der Waals surface area contributed by atoms with E-state index in [9.17, 15) is 4.79 Å². The minimum absolute atomic E-state index is 0.0286. The molecule has 1 unspecified atom stereocenters. The van der Waals surface area contributed by atoms with Crippen LogP contribution in [0.1, 0.15) is 61.8 Å². The molecule has 0 fully saturated rings. The van der Waals surface area contributed by atoms with E-state index in [-0.39, 0.29) is 22.8 Å². The average molecular weight is 256 g/mol. The van der Waals surface area contributed by atoms with Gasteiger partial charge in [-0.15, -0.1) is 0 Å². The molecule has 0 saturated heterocycles. The number of ketones is 1. The third-order valence-electron chi connectivity index (χ3n) is 3.17. The van der Waals surface area contributed by atoms with E-state index in [0.717, 1.165) is 13.0 Å². The summed E-state index contributed by atoms with van der Waals surface area (Å²) in [4.78, 5) is 11.8. The molecule has 3 nitrogen and oxygen atoms in total. The topological polar surface area (TPSA) is 41.1 Å². The van der Waals surface area contributed by atoms with Crippen molar-refractivity contribution in [2.45, 2.75) is 79.4 Å². The smallest absolute Gasteiger partial charge is 0.147 e. The molecule has 0 aromatic heterocycles. The van der Waals surface area contributed by atoms with Crippen LogP contribution in [-0.4, -0.2) is 30.0 Å².